The zero-order chi connectivity index (χ0) is 18.7. The predicted molar refractivity (Wildman–Crippen MR) is 98.4 cm³/mol. The topological polar surface area (TPSA) is 100.0 Å². The van der Waals surface area contributed by atoms with Crippen LogP contribution in [0, 0.1) is 6.92 Å². The number of amidine groups is 1. The highest BCUT2D eigenvalue weighted by Gasteiger charge is 2.20. The number of nitrogens with two attached hydrogens (primary N) is 1. The fourth-order valence-electron chi connectivity index (χ4n) is 3.01. The number of aryl methyl sites for hydroxylation is 1. The van der Waals surface area contributed by atoms with E-state index >= 15 is 0 Å². The normalized spacial score (nSPS) is 16.1. The van der Waals surface area contributed by atoms with Crippen LogP contribution in [0.3, 0.4) is 0 Å². The van der Waals surface area contributed by atoms with Crippen molar-refractivity contribution in [3.05, 3.63) is 52.8 Å². The Balaban J connectivity index is 1.75. The maximum Gasteiger partial charge on any atom is 0.253 e. The first-order chi connectivity index (χ1) is 12.5. The Morgan fingerprint density at radius 3 is 2.69 bits per heavy atom. The number of piperazine rings is 1. The summed E-state index contributed by atoms with van der Waals surface area (Å²) >= 11 is 0. The number of rotatable bonds is 4. The van der Waals surface area contributed by atoms with Gasteiger partial charge in [-0.05, 0) is 37.7 Å². The lowest BCUT2D eigenvalue weighted by atomic mass is 10.1. The van der Waals surface area contributed by atoms with Gasteiger partial charge in [0.1, 0.15) is 5.69 Å². The molecule has 0 saturated carbocycles. The molecule has 0 bridgehead atoms. The smallest absolute Gasteiger partial charge is 0.253 e. The molecule has 1 aliphatic rings. The third kappa shape index (κ3) is 3.85. The van der Waals surface area contributed by atoms with E-state index in [0.717, 1.165) is 37.4 Å². The summed E-state index contributed by atoms with van der Waals surface area (Å²) in [7, 11) is 2.07. The minimum absolute atomic E-state index is 0.0224. The van der Waals surface area contributed by atoms with Gasteiger partial charge in [-0.2, -0.15) is 5.10 Å². The van der Waals surface area contributed by atoms with Gasteiger partial charge in [0.05, 0.1) is 6.54 Å². The molecule has 0 aliphatic carbocycles. The Labute approximate surface area is 152 Å². The standard InChI is InChI=1S/C18H24N6O2/c1-13-10-16(17(19)21-26)20-24(13)12-14-4-3-5-15(11-14)18(25)23-8-6-22(2)7-9-23/h3-5,10-11,26H,6-9,12H2,1-2H3,(H2,19,21). The summed E-state index contributed by atoms with van der Waals surface area (Å²) < 4.78 is 1.77. The van der Waals surface area contributed by atoms with Gasteiger partial charge in [0.25, 0.3) is 5.91 Å². The second kappa shape index (κ2) is 7.57. The van der Waals surface area contributed by atoms with E-state index in [2.05, 4.69) is 22.2 Å². The molecular weight excluding hydrogens is 332 g/mol. The molecule has 2 aromatic rings. The first-order valence-corrected chi connectivity index (χ1v) is 8.57. The van der Waals surface area contributed by atoms with Crippen LogP contribution in [0.4, 0.5) is 0 Å². The number of nitrogens with zero attached hydrogens (tertiary/aromatic N) is 5. The van der Waals surface area contributed by atoms with E-state index < -0.39 is 0 Å². The highest BCUT2D eigenvalue weighted by molar-refractivity contribution is 5.95. The van der Waals surface area contributed by atoms with Crippen molar-refractivity contribution < 1.29 is 10.0 Å². The van der Waals surface area contributed by atoms with Crippen molar-refractivity contribution in [1.82, 2.24) is 19.6 Å². The quantitative estimate of drug-likeness (QED) is 0.364. The van der Waals surface area contributed by atoms with Crippen LogP contribution < -0.4 is 5.73 Å². The monoisotopic (exact) mass is 356 g/mol. The summed E-state index contributed by atoms with van der Waals surface area (Å²) in [4.78, 5) is 16.9. The van der Waals surface area contributed by atoms with Gasteiger partial charge in [-0.1, -0.05) is 17.3 Å². The Kier molecular flexibility index (Phi) is 5.22. The molecule has 0 unspecified atom stereocenters. The molecule has 8 nitrogen and oxygen atoms in total. The second-order valence-corrected chi connectivity index (χ2v) is 6.61. The molecule has 0 radical (unpaired) electrons. The molecule has 2 heterocycles. The largest absolute Gasteiger partial charge is 0.409 e. The van der Waals surface area contributed by atoms with Crippen LogP contribution in [0.1, 0.15) is 27.3 Å². The lowest BCUT2D eigenvalue weighted by Crippen LogP contribution is -2.47. The number of oxime groups is 1. The molecule has 1 fully saturated rings. The third-order valence-electron chi connectivity index (χ3n) is 4.65. The number of carbonyl (C=O) groups excluding carboxylic acids is 1. The minimum Gasteiger partial charge on any atom is -0.409 e. The predicted octanol–water partition coefficient (Wildman–Crippen LogP) is 0.722. The summed E-state index contributed by atoms with van der Waals surface area (Å²) in [6.45, 7) is 5.71. The average molecular weight is 356 g/mol. The maximum absolute atomic E-state index is 12.7. The van der Waals surface area contributed by atoms with Crippen molar-refractivity contribution in [2.24, 2.45) is 10.9 Å². The maximum atomic E-state index is 12.7. The van der Waals surface area contributed by atoms with Gasteiger partial charge in [-0.3, -0.25) is 9.48 Å². The fourth-order valence-corrected chi connectivity index (χ4v) is 3.01. The second-order valence-electron chi connectivity index (χ2n) is 6.61. The highest BCUT2D eigenvalue weighted by atomic mass is 16.4. The molecule has 3 rings (SSSR count). The number of benzene rings is 1. The number of amides is 1. The third-order valence-corrected chi connectivity index (χ3v) is 4.65. The molecule has 1 aromatic heterocycles. The van der Waals surface area contributed by atoms with E-state index in [4.69, 9.17) is 10.9 Å². The SMILES string of the molecule is Cc1cc(/C(N)=N/O)nn1Cc1cccc(C(=O)N2CCN(C)CC2)c1. The van der Waals surface area contributed by atoms with Crippen LogP contribution >= 0.6 is 0 Å². The Bertz CT molecular complexity index is 821. The number of aromatic nitrogens is 2. The number of likely N-dealkylation sites (N-methyl/N-ethyl adjacent to an activating group) is 1. The van der Waals surface area contributed by atoms with Crippen LogP contribution in [0.15, 0.2) is 35.5 Å². The van der Waals surface area contributed by atoms with Gasteiger partial charge < -0.3 is 20.7 Å². The summed E-state index contributed by atoms with van der Waals surface area (Å²) in [6, 6.07) is 9.37. The molecule has 8 heteroatoms. The Morgan fingerprint density at radius 1 is 1.27 bits per heavy atom. The number of hydrogen-bond donors (Lipinski definition) is 2. The summed E-state index contributed by atoms with van der Waals surface area (Å²) in [5.41, 5.74) is 8.58. The van der Waals surface area contributed by atoms with Gasteiger partial charge in [-0.15, -0.1) is 0 Å². The van der Waals surface area contributed by atoms with E-state index in [1.54, 1.807) is 10.7 Å². The van der Waals surface area contributed by atoms with Crippen molar-refractivity contribution >= 4 is 11.7 Å². The molecule has 1 aliphatic heterocycles. The van der Waals surface area contributed by atoms with Crippen LogP contribution in [0.5, 0.6) is 0 Å². The molecular formula is C18H24N6O2. The molecule has 1 aromatic carbocycles. The number of hydrogen-bond acceptors (Lipinski definition) is 5. The van der Waals surface area contributed by atoms with Crippen molar-refractivity contribution in [2.75, 3.05) is 33.2 Å². The molecule has 3 N–H and O–H groups in total. The van der Waals surface area contributed by atoms with Crippen LogP contribution in [0.25, 0.3) is 0 Å². The lowest BCUT2D eigenvalue weighted by Gasteiger charge is -2.32. The van der Waals surface area contributed by atoms with Gasteiger partial charge in [-0.25, -0.2) is 0 Å². The van der Waals surface area contributed by atoms with E-state index in [9.17, 15) is 4.79 Å². The summed E-state index contributed by atoms with van der Waals surface area (Å²) in [6.07, 6.45) is 0. The van der Waals surface area contributed by atoms with Crippen molar-refractivity contribution in [1.29, 1.82) is 0 Å². The van der Waals surface area contributed by atoms with Gasteiger partial charge in [0.2, 0.25) is 0 Å². The van der Waals surface area contributed by atoms with Gasteiger partial charge >= 0.3 is 0 Å². The van der Waals surface area contributed by atoms with E-state index in [-0.39, 0.29) is 11.7 Å². The molecule has 138 valence electrons. The Morgan fingerprint density at radius 2 is 2.00 bits per heavy atom. The van der Waals surface area contributed by atoms with E-state index in [1.807, 2.05) is 36.1 Å². The molecule has 0 atom stereocenters. The lowest BCUT2D eigenvalue weighted by molar-refractivity contribution is 0.0664. The van der Waals surface area contributed by atoms with E-state index in [1.165, 1.54) is 0 Å². The summed E-state index contributed by atoms with van der Waals surface area (Å²) in [5, 5.41) is 16.1. The average Bonchev–Trinajstić information content (AvgIpc) is 3.02. The van der Waals surface area contributed by atoms with Crippen LogP contribution in [-0.2, 0) is 6.54 Å². The van der Waals surface area contributed by atoms with Crippen LogP contribution in [0.2, 0.25) is 0 Å². The van der Waals surface area contributed by atoms with Gasteiger partial charge in [0, 0.05) is 37.4 Å². The molecule has 26 heavy (non-hydrogen) atoms. The fraction of sp³-hybridized carbons (Fsp3) is 0.389. The van der Waals surface area contributed by atoms with Crippen LogP contribution in [-0.4, -0.2) is 69.8 Å². The van der Waals surface area contributed by atoms with E-state index in [0.29, 0.717) is 17.8 Å². The summed E-state index contributed by atoms with van der Waals surface area (Å²) in [5.74, 6) is 0.0420. The molecule has 1 saturated heterocycles. The van der Waals surface area contributed by atoms with Crippen molar-refractivity contribution in [3.8, 4) is 0 Å². The zero-order valence-corrected chi connectivity index (χ0v) is 15.1. The molecule has 1 amide bonds. The highest BCUT2D eigenvalue weighted by Crippen LogP contribution is 2.13. The zero-order valence-electron chi connectivity index (χ0n) is 15.1. The number of carbonyl (C=O) groups is 1. The molecule has 0 spiro atoms. The minimum atomic E-state index is -0.0224. The Hall–Kier alpha value is -2.87. The van der Waals surface area contributed by atoms with Gasteiger partial charge in [0.15, 0.2) is 5.84 Å². The first kappa shape index (κ1) is 17.9. The van der Waals surface area contributed by atoms with Crippen molar-refractivity contribution in [3.63, 3.8) is 0 Å². The van der Waals surface area contributed by atoms with Crippen molar-refractivity contribution in [2.45, 2.75) is 13.5 Å². The first-order valence-electron chi connectivity index (χ1n) is 8.57.